The van der Waals surface area contributed by atoms with Crippen LogP contribution in [0.3, 0.4) is 0 Å². The summed E-state index contributed by atoms with van der Waals surface area (Å²) in [5.41, 5.74) is 2.93. The molecule has 0 unspecified atom stereocenters. The van der Waals surface area contributed by atoms with E-state index in [-0.39, 0.29) is 5.91 Å². The minimum Gasteiger partial charge on any atom is -0.355 e. The minimum atomic E-state index is -0.0281. The number of carbonyl (C=O) groups is 1. The first-order chi connectivity index (χ1) is 12.2. The Morgan fingerprint density at radius 2 is 2.04 bits per heavy atom. The van der Waals surface area contributed by atoms with Gasteiger partial charge in [-0.05, 0) is 25.1 Å². The lowest BCUT2D eigenvalue weighted by molar-refractivity contribution is -0.118. The van der Waals surface area contributed by atoms with Crippen LogP contribution in [0.4, 0.5) is 0 Å². The maximum Gasteiger partial charge on any atom is 0.230 e. The number of rotatable bonds is 7. The predicted molar refractivity (Wildman–Crippen MR) is 99.6 cm³/mol. The summed E-state index contributed by atoms with van der Waals surface area (Å²) in [6.07, 6.45) is 5.92. The van der Waals surface area contributed by atoms with Gasteiger partial charge in [0, 0.05) is 48.2 Å². The molecule has 3 heterocycles. The van der Waals surface area contributed by atoms with E-state index in [0.29, 0.717) is 23.9 Å². The van der Waals surface area contributed by atoms with Gasteiger partial charge in [0.25, 0.3) is 0 Å². The highest BCUT2D eigenvalue weighted by molar-refractivity contribution is 7.99. The Labute approximate surface area is 154 Å². The molecule has 0 fully saturated rings. The average molecular weight is 371 g/mol. The number of thiazole rings is 1. The second-order valence-electron chi connectivity index (χ2n) is 5.25. The second-order valence-corrected chi connectivity index (χ2v) is 7.05. The van der Waals surface area contributed by atoms with Gasteiger partial charge in [0.05, 0.1) is 11.4 Å². The number of nitrogens with zero attached hydrogens (tertiary/aromatic N) is 4. The minimum absolute atomic E-state index is 0.0281. The number of nitrogens with one attached hydrogen (secondary N) is 1. The van der Waals surface area contributed by atoms with Gasteiger partial charge in [-0.1, -0.05) is 11.8 Å². The lowest BCUT2D eigenvalue weighted by Gasteiger charge is -2.03. The van der Waals surface area contributed by atoms with Gasteiger partial charge >= 0.3 is 0 Å². The first-order valence-electron chi connectivity index (χ1n) is 7.74. The van der Waals surface area contributed by atoms with Gasteiger partial charge in [0.15, 0.2) is 5.16 Å². The number of aryl methyl sites for hydroxylation is 1. The Morgan fingerprint density at radius 3 is 2.84 bits per heavy atom. The van der Waals surface area contributed by atoms with Gasteiger partial charge < -0.3 is 5.32 Å². The maximum absolute atomic E-state index is 11.9. The summed E-state index contributed by atoms with van der Waals surface area (Å²) in [6.45, 7) is 2.47. The van der Waals surface area contributed by atoms with Crippen LogP contribution in [-0.4, -0.2) is 38.1 Å². The van der Waals surface area contributed by atoms with Crippen LogP contribution < -0.4 is 5.32 Å². The fourth-order valence-electron chi connectivity index (χ4n) is 2.06. The van der Waals surface area contributed by atoms with E-state index in [1.54, 1.807) is 29.9 Å². The highest BCUT2D eigenvalue weighted by atomic mass is 32.2. The molecular formula is C17H17N5OS2. The van der Waals surface area contributed by atoms with E-state index >= 15 is 0 Å². The summed E-state index contributed by atoms with van der Waals surface area (Å²) in [6, 6.07) is 5.71. The van der Waals surface area contributed by atoms with E-state index in [9.17, 15) is 4.79 Å². The first kappa shape index (κ1) is 17.5. The molecule has 0 aromatic carbocycles. The third-order valence-corrected chi connectivity index (χ3v) is 5.09. The standard InChI is InChI=1S/C17H17N5OS2/c1-12-2-8-20-17(21-12)25-11-15(23)19-9-5-14-10-24-16(22-14)13-3-6-18-7-4-13/h2-4,6-8,10H,5,9,11H2,1H3,(H,19,23). The molecule has 3 rings (SSSR count). The summed E-state index contributed by atoms with van der Waals surface area (Å²) < 4.78 is 0. The van der Waals surface area contributed by atoms with E-state index in [2.05, 4.69) is 25.3 Å². The van der Waals surface area contributed by atoms with Crippen LogP contribution in [0.1, 0.15) is 11.4 Å². The monoisotopic (exact) mass is 371 g/mol. The highest BCUT2D eigenvalue weighted by Crippen LogP contribution is 2.22. The van der Waals surface area contributed by atoms with Crippen molar-refractivity contribution < 1.29 is 4.79 Å². The molecule has 3 aromatic rings. The maximum atomic E-state index is 11.9. The molecule has 0 saturated heterocycles. The third kappa shape index (κ3) is 5.33. The number of carbonyl (C=O) groups excluding carboxylic acids is 1. The van der Waals surface area contributed by atoms with Crippen molar-refractivity contribution in [2.24, 2.45) is 0 Å². The molecule has 1 N–H and O–H groups in total. The van der Waals surface area contributed by atoms with Crippen LogP contribution in [0.15, 0.2) is 47.3 Å². The van der Waals surface area contributed by atoms with Crippen LogP contribution >= 0.6 is 23.1 Å². The number of pyridine rings is 1. The number of thioether (sulfide) groups is 1. The predicted octanol–water partition coefficient (Wildman–Crippen LogP) is 2.75. The van der Waals surface area contributed by atoms with E-state index in [4.69, 9.17) is 0 Å². The normalized spacial score (nSPS) is 10.6. The molecule has 1 amide bonds. The smallest absolute Gasteiger partial charge is 0.230 e. The number of aromatic nitrogens is 4. The first-order valence-corrected chi connectivity index (χ1v) is 9.61. The molecule has 0 spiro atoms. The van der Waals surface area contributed by atoms with Gasteiger partial charge in [0.1, 0.15) is 5.01 Å². The molecule has 8 heteroatoms. The summed E-state index contributed by atoms with van der Waals surface area (Å²) >= 11 is 2.93. The van der Waals surface area contributed by atoms with Crippen LogP contribution in [0.25, 0.3) is 10.6 Å². The van der Waals surface area contributed by atoms with Crippen molar-refractivity contribution in [3.8, 4) is 10.6 Å². The Bertz CT molecular complexity index is 838. The second kappa shape index (κ2) is 8.68. The summed E-state index contributed by atoms with van der Waals surface area (Å²) in [5, 5.41) is 6.52. The van der Waals surface area contributed by atoms with Gasteiger partial charge in [-0.25, -0.2) is 15.0 Å². The van der Waals surface area contributed by atoms with E-state index in [0.717, 1.165) is 22.0 Å². The van der Waals surface area contributed by atoms with Gasteiger partial charge in [-0.2, -0.15) is 0 Å². The molecule has 0 bridgehead atoms. The molecule has 0 saturated carbocycles. The molecule has 0 aliphatic carbocycles. The lowest BCUT2D eigenvalue weighted by Crippen LogP contribution is -2.27. The topological polar surface area (TPSA) is 80.7 Å². The van der Waals surface area contributed by atoms with Gasteiger partial charge in [-0.15, -0.1) is 11.3 Å². The molecule has 25 heavy (non-hydrogen) atoms. The molecule has 0 aliphatic heterocycles. The Kier molecular flexibility index (Phi) is 6.08. The van der Waals surface area contributed by atoms with E-state index in [1.165, 1.54) is 11.8 Å². The lowest BCUT2D eigenvalue weighted by atomic mass is 10.3. The Morgan fingerprint density at radius 1 is 1.20 bits per heavy atom. The fraction of sp³-hybridized carbons (Fsp3) is 0.235. The molecular weight excluding hydrogens is 354 g/mol. The van der Waals surface area contributed by atoms with Crippen molar-refractivity contribution in [2.45, 2.75) is 18.5 Å². The van der Waals surface area contributed by atoms with Crippen LogP contribution in [0.5, 0.6) is 0 Å². The largest absolute Gasteiger partial charge is 0.355 e. The number of hydrogen-bond acceptors (Lipinski definition) is 7. The van der Waals surface area contributed by atoms with Crippen LogP contribution in [-0.2, 0) is 11.2 Å². The molecule has 0 radical (unpaired) electrons. The van der Waals surface area contributed by atoms with Crippen molar-refractivity contribution in [3.63, 3.8) is 0 Å². The quantitative estimate of drug-likeness (QED) is 0.508. The molecule has 0 atom stereocenters. The van der Waals surface area contributed by atoms with Crippen molar-refractivity contribution in [1.82, 2.24) is 25.3 Å². The van der Waals surface area contributed by atoms with E-state index < -0.39 is 0 Å². The Balaban J connectivity index is 1.42. The average Bonchev–Trinajstić information content (AvgIpc) is 3.10. The van der Waals surface area contributed by atoms with Crippen molar-refractivity contribution in [2.75, 3.05) is 12.3 Å². The van der Waals surface area contributed by atoms with Crippen molar-refractivity contribution in [3.05, 3.63) is 53.6 Å². The number of amides is 1. The third-order valence-electron chi connectivity index (χ3n) is 3.29. The summed E-state index contributed by atoms with van der Waals surface area (Å²) in [7, 11) is 0. The van der Waals surface area contributed by atoms with Gasteiger partial charge in [-0.3, -0.25) is 9.78 Å². The summed E-state index contributed by atoms with van der Waals surface area (Å²) in [5.74, 6) is 0.280. The zero-order valence-electron chi connectivity index (χ0n) is 13.7. The molecule has 128 valence electrons. The molecule has 0 aliphatic rings. The highest BCUT2D eigenvalue weighted by Gasteiger charge is 2.07. The van der Waals surface area contributed by atoms with Crippen molar-refractivity contribution >= 4 is 29.0 Å². The summed E-state index contributed by atoms with van der Waals surface area (Å²) in [4.78, 5) is 28.9. The zero-order valence-corrected chi connectivity index (χ0v) is 15.3. The van der Waals surface area contributed by atoms with Crippen LogP contribution in [0.2, 0.25) is 0 Å². The van der Waals surface area contributed by atoms with Crippen molar-refractivity contribution in [1.29, 1.82) is 0 Å². The van der Waals surface area contributed by atoms with Gasteiger partial charge in [0.2, 0.25) is 5.91 Å². The van der Waals surface area contributed by atoms with Crippen LogP contribution in [0, 0.1) is 6.92 Å². The zero-order chi connectivity index (χ0) is 17.5. The molecule has 3 aromatic heterocycles. The molecule has 6 nitrogen and oxygen atoms in total. The number of hydrogen-bond donors (Lipinski definition) is 1. The SMILES string of the molecule is Cc1ccnc(SCC(=O)NCCc2csc(-c3ccncc3)n2)n1. The fourth-order valence-corrected chi connectivity index (χ4v) is 3.62. The Hall–Kier alpha value is -2.32. The van der Waals surface area contributed by atoms with E-state index in [1.807, 2.05) is 30.5 Å².